The van der Waals surface area contributed by atoms with Gasteiger partial charge in [-0.25, -0.2) is 9.97 Å². The van der Waals surface area contributed by atoms with Crippen molar-refractivity contribution in [3.8, 4) is 0 Å². The Hall–Kier alpha value is -0.960. The molecule has 2 rings (SSSR count). The van der Waals surface area contributed by atoms with Crippen LogP contribution in [0.15, 0.2) is 12.4 Å². The van der Waals surface area contributed by atoms with Crippen LogP contribution in [0.4, 0.5) is 0 Å². The standard InChI is InChI=1S/C21H36N2O/c1-3-5-6-7-8-9-18-10-12-20(13-11-18)21-22-15-19(16-23-21)17-24-14-4-2/h15-16,18,20H,3-14,17H2,1-2H3. The Morgan fingerprint density at radius 2 is 1.62 bits per heavy atom. The predicted octanol–water partition coefficient (Wildman–Crippen LogP) is 6.04. The molecule has 1 aromatic heterocycles. The zero-order valence-corrected chi connectivity index (χ0v) is 15.8. The van der Waals surface area contributed by atoms with Crippen molar-refractivity contribution >= 4 is 0 Å². The molecule has 24 heavy (non-hydrogen) atoms. The predicted molar refractivity (Wildman–Crippen MR) is 100 cm³/mol. The van der Waals surface area contributed by atoms with Crippen LogP contribution < -0.4 is 0 Å². The number of ether oxygens (including phenoxy) is 1. The van der Waals surface area contributed by atoms with E-state index in [0.29, 0.717) is 12.5 Å². The van der Waals surface area contributed by atoms with Gasteiger partial charge in [-0.05, 0) is 38.0 Å². The van der Waals surface area contributed by atoms with Crippen molar-refractivity contribution in [2.45, 2.75) is 97.0 Å². The van der Waals surface area contributed by atoms with Crippen LogP contribution in [0.1, 0.15) is 102 Å². The first-order chi connectivity index (χ1) is 11.8. The highest BCUT2D eigenvalue weighted by atomic mass is 16.5. The normalized spacial score (nSPS) is 21.1. The number of nitrogens with zero attached hydrogens (tertiary/aromatic N) is 2. The zero-order valence-electron chi connectivity index (χ0n) is 15.8. The van der Waals surface area contributed by atoms with E-state index in [1.165, 1.54) is 64.2 Å². The molecule has 0 spiro atoms. The van der Waals surface area contributed by atoms with Crippen LogP contribution in [0.3, 0.4) is 0 Å². The fourth-order valence-corrected chi connectivity index (χ4v) is 3.73. The molecule has 0 bridgehead atoms. The molecule has 3 nitrogen and oxygen atoms in total. The molecule has 1 aromatic rings. The highest BCUT2D eigenvalue weighted by molar-refractivity contribution is 5.07. The summed E-state index contributed by atoms with van der Waals surface area (Å²) < 4.78 is 5.55. The number of unbranched alkanes of at least 4 members (excludes halogenated alkanes) is 4. The van der Waals surface area contributed by atoms with Crippen molar-refractivity contribution < 1.29 is 4.74 Å². The Kier molecular flexibility index (Phi) is 9.34. The SMILES string of the molecule is CCCCCCCC1CCC(c2ncc(COCCC)cn2)CC1. The second kappa shape index (κ2) is 11.6. The molecule has 0 amide bonds. The van der Waals surface area contributed by atoms with Gasteiger partial charge in [0.25, 0.3) is 0 Å². The van der Waals surface area contributed by atoms with E-state index in [-0.39, 0.29) is 0 Å². The Balaban J connectivity index is 1.66. The van der Waals surface area contributed by atoms with Gasteiger partial charge < -0.3 is 4.74 Å². The summed E-state index contributed by atoms with van der Waals surface area (Å²) in [6.07, 6.45) is 18.7. The van der Waals surface area contributed by atoms with E-state index >= 15 is 0 Å². The molecule has 1 heterocycles. The third-order valence-electron chi connectivity index (χ3n) is 5.27. The van der Waals surface area contributed by atoms with Gasteiger partial charge in [-0.15, -0.1) is 0 Å². The van der Waals surface area contributed by atoms with E-state index in [1.54, 1.807) is 0 Å². The molecule has 1 fully saturated rings. The lowest BCUT2D eigenvalue weighted by molar-refractivity contribution is 0.121. The van der Waals surface area contributed by atoms with Crippen LogP contribution in [0.2, 0.25) is 0 Å². The average molecular weight is 333 g/mol. The topological polar surface area (TPSA) is 35.0 Å². The van der Waals surface area contributed by atoms with Crippen molar-refractivity contribution in [1.29, 1.82) is 0 Å². The van der Waals surface area contributed by atoms with Crippen LogP contribution in [0, 0.1) is 5.92 Å². The lowest BCUT2D eigenvalue weighted by atomic mass is 9.79. The molecular weight excluding hydrogens is 296 g/mol. The van der Waals surface area contributed by atoms with E-state index < -0.39 is 0 Å². The van der Waals surface area contributed by atoms with E-state index in [2.05, 4.69) is 23.8 Å². The maximum absolute atomic E-state index is 5.55. The fourth-order valence-electron chi connectivity index (χ4n) is 3.73. The van der Waals surface area contributed by atoms with Crippen LogP contribution in [-0.2, 0) is 11.3 Å². The van der Waals surface area contributed by atoms with Crippen LogP contribution in [0.5, 0.6) is 0 Å². The van der Waals surface area contributed by atoms with Gasteiger partial charge in [0.15, 0.2) is 0 Å². The molecule has 136 valence electrons. The Morgan fingerprint density at radius 3 is 2.29 bits per heavy atom. The largest absolute Gasteiger partial charge is 0.377 e. The maximum atomic E-state index is 5.55. The summed E-state index contributed by atoms with van der Waals surface area (Å²) in [5.41, 5.74) is 1.09. The molecule has 0 aromatic carbocycles. The summed E-state index contributed by atoms with van der Waals surface area (Å²) >= 11 is 0. The van der Waals surface area contributed by atoms with Crippen molar-refractivity contribution in [2.24, 2.45) is 5.92 Å². The summed E-state index contributed by atoms with van der Waals surface area (Å²) in [6, 6.07) is 0. The van der Waals surface area contributed by atoms with Gasteiger partial charge >= 0.3 is 0 Å². The third kappa shape index (κ3) is 6.88. The molecule has 0 unspecified atom stereocenters. The molecule has 0 radical (unpaired) electrons. The summed E-state index contributed by atoms with van der Waals surface area (Å²) in [5.74, 6) is 2.58. The summed E-state index contributed by atoms with van der Waals surface area (Å²) in [4.78, 5) is 9.22. The molecule has 1 aliphatic carbocycles. The van der Waals surface area contributed by atoms with Crippen molar-refractivity contribution in [3.63, 3.8) is 0 Å². The Morgan fingerprint density at radius 1 is 0.917 bits per heavy atom. The molecule has 0 aliphatic heterocycles. The molecule has 0 atom stereocenters. The molecule has 1 saturated carbocycles. The van der Waals surface area contributed by atoms with Gasteiger partial charge in [-0.3, -0.25) is 0 Å². The van der Waals surface area contributed by atoms with Crippen LogP contribution >= 0.6 is 0 Å². The van der Waals surface area contributed by atoms with Crippen molar-refractivity contribution in [1.82, 2.24) is 9.97 Å². The van der Waals surface area contributed by atoms with Crippen molar-refractivity contribution in [3.05, 3.63) is 23.8 Å². The van der Waals surface area contributed by atoms with Gasteiger partial charge in [0.2, 0.25) is 0 Å². The molecule has 1 aliphatic rings. The third-order valence-corrected chi connectivity index (χ3v) is 5.27. The lowest BCUT2D eigenvalue weighted by Gasteiger charge is -2.27. The van der Waals surface area contributed by atoms with Gasteiger partial charge in [-0.1, -0.05) is 52.4 Å². The zero-order chi connectivity index (χ0) is 17.0. The van der Waals surface area contributed by atoms with E-state index in [1.807, 2.05) is 12.4 Å². The second-order valence-electron chi connectivity index (χ2n) is 7.42. The molecule has 0 N–H and O–H groups in total. The van der Waals surface area contributed by atoms with Gasteiger partial charge in [0.1, 0.15) is 5.82 Å². The minimum Gasteiger partial charge on any atom is -0.377 e. The van der Waals surface area contributed by atoms with E-state index in [0.717, 1.165) is 30.3 Å². The van der Waals surface area contributed by atoms with Gasteiger partial charge in [0.05, 0.1) is 6.61 Å². The minimum atomic E-state index is 0.576. The average Bonchev–Trinajstić information content (AvgIpc) is 2.63. The smallest absolute Gasteiger partial charge is 0.131 e. The second-order valence-corrected chi connectivity index (χ2v) is 7.42. The Bertz CT molecular complexity index is 424. The van der Waals surface area contributed by atoms with E-state index in [4.69, 9.17) is 4.74 Å². The molecule has 0 saturated heterocycles. The highest BCUT2D eigenvalue weighted by Crippen LogP contribution is 2.36. The lowest BCUT2D eigenvalue weighted by Crippen LogP contribution is -2.15. The van der Waals surface area contributed by atoms with Crippen LogP contribution in [0.25, 0.3) is 0 Å². The quantitative estimate of drug-likeness (QED) is 0.463. The fraction of sp³-hybridized carbons (Fsp3) is 0.810. The first-order valence-corrected chi connectivity index (χ1v) is 10.2. The van der Waals surface area contributed by atoms with Gasteiger partial charge in [-0.2, -0.15) is 0 Å². The highest BCUT2D eigenvalue weighted by Gasteiger charge is 2.23. The minimum absolute atomic E-state index is 0.576. The molecular formula is C21H36N2O. The van der Waals surface area contributed by atoms with Crippen molar-refractivity contribution in [2.75, 3.05) is 6.61 Å². The number of rotatable bonds is 11. The first-order valence-electron chi connectivity index (χ1n) is 10.2. The number of hydrogen-bond donors (Lipinski definition) is 0. The summed E-state index contributed by atoms with van der Waals surface area (Å²) in [6.45, 7) is 5.86. The molecule has 3 heteroatoms. The monoisotopic (exact) mass is 332 g/mol. The van der Waals surface area contributed by atoms with Gasteiger partial charge in [0, 0.05) is 30.5 Å². The number of hydrogen-bond acceptors (Lipinski definition) is 3. The Labute approximate surface area is 148 Å². The van der Waals surface area contributed by atoms with E-state index in [9.17, 15) is 0 Å². The summed E-state index contributed by atoms with van der Waals surface area (Å²) in [7, 11) is 0. The summed E-state index contributed by atoms with van der Waals surface area (Å²) in [5, 5.41) is 0. The number of aromatic nitrogens is 2. The maximum Gasteiger partial charge on any atom is 0.131 e. The van der Waals surface area contributed by atoms with Crippen LogP contribution in [-0.4, -0.2) is 16.6 Å². The first kappa shape index (κ1) is 19.4.